The highest BCUT2D eigenvalue weighted by Crippen LogP contribution is 2.26. The van der Waals surface area contributed by atoms with Crippen LogP contribution >= 0.6 is 15.9 Å². The van der Waals surface area contributed by atoms with E-state index in [1.165, 1.54) is 0 Å². The lowest BCUT2D eigenvalue weighted by atomic mass is 10.1. The number of methoxy groups -OCH3 is 1. The van der Waals surface area contributed by atoms with E-state index < -0.39 is 6.10 Å². The number of aryl methyl sites for hydroxylation is 1. The molecule has 92 valence electrons. The zero-order valence-electron chi connectivity index (χ0n) is 9.82. The standard InChI is InChI=1S/C11H19BrN2O2/c1-3-6-14-11(9(12)8-13-14)10(15)5-4-7-16-2/h8,10,15H,3-7H2,1-2H3. The van der Waals surface area contributed by atoms with Gasteiger partial charge in [0.05, 0.1) is 22.5 Å². The maximum Gasteiger partial charge on any atom is 0.0969 e. The number of hydrogen-bond acceptors (Lipinski definition) is 3. The molecule has 1 aromatic rings. The second-order valence-corrected chi connectivity index (χ2v) is 4.61. The average Bonchev–Trinajstić information content (AvgIpc) is 2.61. The maximum absolute atomic E-state index is 10.1. The van der Waals surface area contributed by atoms with E-state index in [-0.39, 0.29) is 0 Å². The molecule has 1 atom stereocenters. The van der Waals surface area contributed by atoms with Crippen LogP contribution in [-0.4, -0.2) is 28.6 Å². The third-order valence-electron chi connectivity index (χ3n) is 2.41. The van der Waals surface area contributed by atoms with Crippen molar-refractivity contribution in [2.24, 2.45) is 0 Å². The molecule has 0 saturated heterocycles. The molecule has 1 rings (SSSR count). The molecule has 1 aromatic heterocycles. The summed E-state index contributed by atoms with van der Waals surface area (Å²) in [5.74, 6) is 0. The second-order valence-electron chi connectivity index (χ2n) is 3.75. The number of ether oxygens (including phenoxy) is 1. The molecule has 1 N–H and O–H groups in total. The molecule has 0 spiro atoms. The van der Waals surface area contributed by atoms with Crippen molar-refractivity contribution >= 4 is 15.9 Å². The summed E-state index contributed by atoms with van der Waals surface area (Å²) in [5, 5.41) is 14.3. The fraction of sp³-hybridized carbons (Fsp3) is 0.727. The van der Waals surface area contributed by atoms with Crippen molar-refractivity contribution in [2.45, 2.75) is 38.8 Å². The highest BCUT2D eigenvalue weighted by Gasteiger charge is 2.16. The molecule has 0 amide bonds. The number of rotatable bonds is 7. The first kappa shape index (κ1) is 13.7. The van der Waals surface area contributed by atoms with Crippen molar-refractivity contribution in [1.29, 1.82) is 0 Å². The van der Waals surface area contributed by atoms with Crippen LogP contribution in [0.1, 0.15) is 38.0 Å². The predicted octanol–water partition coefficient (Wildman–Crippen LogP) is 2.52. The molecule has 0 fully saturated rings. The Kier molecular flexibility index (Phi) is 6.01. The second kappa shape index (κ2) is 7.04. The van der Waals surface area contributed by atoms with Crippen molar-refractivity contribution in [3.05, 3.63) is 16.4 Å². The van der Waals surface area contributed by atoms with Crippen molar-refractivity contribution < 1.29 is 9.84 Å². The SMILES string of the molecule is CCCn1ncc(Br)c1C(O)CCCOC. The largest absolute Gasteiger partial charge is 0.387 e. The third kappa shape index (κ3) is 3.57. The topological polar surface area (TPSA) is 47.3 Å². The number of aliphatic hydroxyl groups is 1. The van der Waals surface area contributed by atoms with E-state index in [1.807, 2.05) is 4.68 Å². The van der Waals surface area contributed by atoms with Crippen LogP contribution in [-0.2, 0) is 11.3 Å². The van der Waals surface area contributed by atoms with Crippen molar-refractivity contribution in [2.75, 3.05) is 13.7 Å². The zero-order chi connectivity index (χ0) is 12.0. The third-order valence-corrected chi connectivity index (χ3v) is 3.02. The first-order valence-electron chi connectivity index (χ1n) is 5.58. The summed E-state index contributed by atoms with van der Waals surface area (Å²) in [4.78, 5) is 0. The quantitative estimate of drug-likeness (QED) is 0.785. The van der Waals surface area contributed by atoms with Gasteiger partial charge in [0.25, 0.3) is 0 Å². The lowest BCUT2D eigenvalue weighted by Crippen LogP contribution is -2.10. The Labute approximate surface area is 105 Å². The Morgan fingerprint density at radius 1 is 1.62 bits per heavy atom. The van der Waals surface area contributed by atoms with Crippen molar-refractivity contribution in [3.63, 3.8) is 0 Å². The van der Waals surface area contributed by atoms with Crippen LogP contribution in [0.25, 0.3) is 0 Å². The highest BCUT2D eigenvalue weighted by molar-refractivity contribution is 9.10. The summed E-state index contributed by atoms with van der Waals surface area (Å²) < 4.78 is 7.72. The Morgan fingerprint density at radius 3 is 3.00 bits per heavy atom. The van der Waals surface area contributed by atoms with Gasteiger partial charge >= 0.3 is 0 Å². The van der Waals surface area contributed by atoms with E-state index in [0.29, 0.717) is 13.0 Å². The van der Waals surface area contributed by atoms with Gasteiger partial charge in [-0.2, -0.15) is 5.10 Å². The predicted molar refractivity (Wildman–Crippen MR) is 66.3 cm³/mol. The van der Waals surface area contributed by atoms with Gasteiger partial charge in [0, 0.05) is 20.3 Å². The van der Waals surface area contributed by atoms with Gasteiger partial charge in [-0.15, -0.1) is 0 Å². The Bertz CT molecular complexity index is 315. The molecular weight excluding hydrogens is 272 g/mol. The van der Waals surface area contributed by atoms with E-state index in [9.17, 15) is 5.11 Å². The van der Waals surface area contributed by atoms with Gasteiger partial charge in [-0.1, -0.05) is 6.92 Å². The van der Waals surface area contributed by atoms with Gasteiger partial charge in [0.1, 0.15) is 0 Å². The monoisotopic (exact) mass is 290 g/mol. The maximum atomic E-state index is 10.1. The molecular formula is C11H19BrN2O2. The van der Waals surface area contributed by atoms with Crippen LogP contribution < -0.4 is 0 Å². The van der Waals surface area contributed by atoms with E-state index >= 15 is 0 Å². The van der Waals surface area contributed by atoms with Crippen LogP contribution in [0, 0.1) is 0 Å². The highest BCUT2D eigenvalue weighted by atomic mass is 79.9. The molecule has 16 heavy (non-hydrogen) atoms. The summed E-state index contributed by atoms with van der Waals surface area (Å²) in [7, 11) is 1.67. The first-order chi connectivity index (χ1) is 7.70. The van der Waals surface area contributed by atoms with Crippen LogP contribution in [0.3, 0.4) is 0 Å². The van der Waals surface area contributed by atoms with Crippen LogP contribution in [0.15, 0.2) is 10.7 Å². The Balaban J connectivity index is 2.65. The molecule has 5 heteroatoms. The van der Waals surface area contributed by atoms with Crippen LogP contribution in [0.2, 0.25) is 0 Å². The molecule has 0 aromatic carbocycles. The van der Waals surface area contributed by atoms with E-state index in [1.54, 1.807) is 13.3 Å². The molecule has 0 aliphatic heterocycles. The average molecular weight is 291 g/mol. The normalized spacial score (nSPS) is 13.0. The van der Waals surface area contributed by atoms with Crippen LogP contribution in [0.4, 0.5) is 0 Å². The van der Waals surface area contributed by atoms with E-state index in [2.05, 4.69) is 28.0 Å². The van der Waals surface area contributed by atoms with Gasteiger partial charge in [0.15, 0.2) is 0 Å². The van der Waals surface area contributed by atoms with Crippen molar-refractivity contribution in [1.82, 2.24) is 9.78 Å². The summed E-state index contributed by atoms with van der Waals surface area (Å²) in [6.07, 6.45) is 3.82. The van der Waals surface area contributed by atoms with Gasteiger partial charge in [-0.05, 0) is 35.2 Å². The molecule has 4 nitrogen and oxygen atoms in total. The van der Waals surface area contributed by atoms with Gasteiger partial charge < -0.3 is 9.84 Å². The first-order valence-corrected chi connectivity index (χ1v) is 6.38. The molecule has 0 bridgehead atoms. The fourth-order valence-electron chi connectivity index (χ4n) is 1.65. The number of halogens is 1. The van der Waals surface area contributed by atoms with E-state index in [0.717, 1.165) is 29.6 Å². The fourth-order valence-corrected chi connectivity index (χ4v) is 2.21. The number of nitrogens with zero attached hydrogens (tertiary/aromatic N) is 2. The minimum Gasteiger partial charge on any atom is -0.387 e. The minimum absolute atomic E-state index is 0.474. The molecule has 1 heterocycles. The smallest absolute Gasteiger partial charge is 0.0969 e. The molecule has 0 saturated carbocycles. The van der Waals surface area contributed by atoms with Crippen molar-refractivity contribution in [3.8, 4) is 0 Å². The van der Waals surface area contributed by atoms with Gasteiger partial charge in [-0.3, -0.25) is 4.68 Å². The number of aliphatic hydroxyl groups excluding tert-OH is 1. The Morgan fingerprint density at radius 2 is 2.38 bits per heavy atom. The summed E-state index contributed by atoms with van der Waals surface area (Å²) in [6.45, 7) is 3.61. The molecule has 0 radical (unpaired) electrons. The molecule has 1 unspecified atom stereocenters. The Hall–Kier alpha value is -0.390. The van der Waals surface area contributed by atoms with Crippen LogP contribution in [0.5, 0.6) is 0 Å². The lowest BCUT2D eigenvalue weighted by Gasteiger charge is -2.13. The summed E-state index contributed by atoms with van der Waals surface area (Å²) in [5.41, 5.74) is 0.873. The summed E-state index contributed by atoms with van der Waals surface area (Å²) >= 11 is 3.42. The number of hydrogen-bond donors (Lipinski definition) is 1. The number of aromatic nitrogens is 2. The zero-order valence-corrected chi connectivity index (χ0v) is 11.4. The molecule has 0 aliphatic rings. The minimum atomic E-state index is -0.474. The molecule has 0 aliphatic carbocycles. The van der Waals surface area contributed by atoms with Gasteiger partial charge in [-0.25, -0.2) is 0 Å². The summed E-state index contributed by atoms with van der Waals surface area (Å²) in [6, 6.07) is 0. The lowest BCUT2D eigenvalue weighted by molar-refractivity contribution is 0.128. The van der Waals surface area contributed by atoms with Gasteiger partial charge in [0.2, 0.25) is 0 Å². The van der Waals surface area contributed by atoms with E-state index in [4.69, 9.17) is 4.74 Å².